The molecule has 0 amide bonds. The molecule has 1 aromatic rings. The van der Waals surface area contributed by atoms with Gasteiger partial charge in [0.25, 0.3) is 0 Å². The lowest BCUT2D eigenvalue weighted by atomic mass is 9.78. The minimum atomic E-state index is 0.342. The number of anilines is 1. The molecule has 0 saturated heterocycles. The van der Waals surface area contributed by atoms with Crippen molar-refractivity contribution in [3.63, 3.8) is 0 Å². The summed E-state index contributed by atoms with van der Waals surface area (Å²) in [7, 11) is 0. The van der Waals surface area contributed by atoms with Crippen LogP contribution in [0.15, 0.2) is 21.1 Å². The van der Waals surface area contributed by atoms with E-state index in [1.807, 2.05) is 0 Å². The van der Waals surface area contributed by atoms with Crippen molar-refractivity contribution in [3.8, 4) is 0 Å². The van der Waals surface area contributed by atoms with Crippen molar-refractivity contribution < 1.29 is 0 Å². The van der Waals surface area contributed by atoms with E-state index >= 15 is 0 Å². The van der Waals surface area contributed by atoms with E-state index in [4.69, 9.17) is 0 Å². The van der Waals surface area contributed by atoms with Crippen LogP contribution in [0, 0.1) is 0 Å². The highest BCUT2D eigenvalue weighted by molar-refractivity contribution is 9.13. The van der Waals surface area contributed by atoms with Crippen LogP contribution in [0.3, 0.4) is 0 Å². The largest absolute Gasteiger partial charge is 0.371 e. The smallest absolute Gasteiger partial charge is 0.0417 e. The Labute approximate surface area is 121 Å². The molecular weight excluding hydrogens is 342 g/mol. The van der Waals surface area contributed by atoms with Gasteiger partial charge in [-0.2, -0.15) is 0 Å². The highest BCUT2D eigenvalue weighted by atomic mass is 79.9. The van der Waals surface area contributed by atoms with Crippen molar-refractivity contribution in [1.29, 1.82) is 0 Å². The highest BCUT2D eigenvalue weighted by Crippen LogP contribution is 2.47. The van der Waals surface area contributed by atoms with Gasteiger partial charge in [0.05, 0.1) is 0 Å². The number of hydrogen-bond acceptors (Lipinski definition) is 1. The molecule has 0 aliphatic carbocycles. The molecule has 0 radical (unpaired) electrons. The maximum atomic E-state index is 3.64. The molecular formula is C14H19Br2N. The van der Waals surface area contributed by atoms with Crippen molar-refractivity contribution in [2.45, 2.75) is 39.0 Å². The Kier molecular flexibility index (Phi) is 3.89. The lowest BCUT2D eigenvalue weighted by Gasteiger charge is -2.28. The Hall–Kier alpha value is -0.0200. The molecule has 0 fully saturated rings. The molecule has 1 aromatic carbocycles. The second kappa shape index (κ2) is 4.93. The van der Waals surface area contributed by atoms with E-state index in [-0.39, 0.29) is 0 Å². The van der Waals surface area contributed by atoms with Gasteiger partial charge >= 0.3 is 0 Å². The lowest BCUT2D eigenvalue weighted by molar-refractivity contribution is 0.421. The molecule has 0 spiro atoms. The summed E-state index contributed by atoms with van der Waals surface area (Å²) in [5.41, 5.74) is 3.26. The van der Waals surface area contributed by atoms with E-state index in [9.17, 15) is 0 Å². The Bertz CT molecular complexity index is 424. The molecule has 0 N–H and O–H groups in total. The summed E-state index contributed by atoms with van der Waals surface area (Å²) in [6.07, 6.45) is 2.42. The fraction of sp³-hybridized carbons (Fsp3) is 0.571. The Balaban J connectivity index is 2.60. The molecule has 94 valence electrons. The number of benzene rings is 1. The monoisotopic (exact) mass is 359 g/mol. The van der Waals surface area contributed by atoms with Gasteiger partial charge in [0.1, 0.15) is 0 Å². The summed E-state index contributed by atoms with van der Waals surface area (Å²) in [6, 6.07) is 4.57. The molecule has 0 aromatic heterocycles. The van der Waals surface area contributed by atoms with E-state index in [0.717, 1.165) is 17.6 Å². The normalized spacial score (nSPS) is 17.4. The van der Waals surface area contributed by atoms with Crippen LogP contribution in [0.4, 0.5) is 5.69 Å². The molecule has 1 heterocycles. The minimum absolute atomic E-state index is 0.342. The molecule has 0 unspecified atom stereocenters. The Morgan fingerprint density at radius 2 is 1.71 bits per heavy atom. The summed E-state index contributed by atoms with van der Waals surface area (Å²) in [5.74, 6) is 0. The van der Waals surface area contributed by atoms with Crippen LogP contribution in [-0.2, 0) is 5.41 Å². The third-order valence-corrected chi connectivity index (χ3v) is 6.02. The Morgan fingerprint density at radius 3 is 2.24 bits per heavy atom. The summed E-state index contributed by atoms with van der Waals surface area (Å²) < 4.78 is 2.32. The number of nitrogens with zero attached hydrogens (tertiary/aromatic N) is 1. The molecule has 1 nitrogen and oxygen atoms in total. The van der Waals surface area contributed by atoms with E-state index in [2.05, 4.69) is 69.7 Å². The predicted molar refractivity (Wildman–Crippen MR) is 82.0 cm³/mol. The summed E-state index contributed by atoms with van der Waals surface area (Å²) >= 11 is 7.25. The van der Waals surface area contributed by atoms with Gasteiger partial charge in [-0.05, 0) is 69.3 Å². The van der Waals surface area contributed by atoms with Gasteiger partial charge in [-0.1, -0.05) is 13.8 Å². The first kappa shape index (κ1) is 13.4. The molecule has 0 atom stereocenters. The summed E-state index contributed by atoms with van der Waals surface area (Å²) in [4.78, 5) is 2.50. The fourth-order valence-electron chi connectivity index (χ4n) is 2.90. The average Bonchev–Trinajstić information content (AvgIpc) is 2.64. The first-order chi connectivity index (χ1) is 8.07. The fourth-order valence-corrected chi connectivity index (χ4v) is 3.57. The van der Waals surface area contributed by atoms with Crippen LogP contribution in [0.5, 0.6) is 0 Å². The molecule has 3 heteroatoms. The van der Waals surface area contributed by atoms with E-state index < -0.39 is 0 Å². The molecule has 2 rings (SSSR count). The maximum absolute atomic E-state index is 3.64. The van der Waals surface area contributed by atoms with Crippen LogP contribution < -0.4 is 4.90 Å². The van der Waals surface area contributed by atoms with Crippen molar-refractivity contribution >= 4 is 37.5 Å². The van der Waals surface area contributed by atoms with Crippen molar-refractivity contribution in [2.75, 3.05) is 18.0 Å². The van der Waals surface area contributed by atoms with Gasteiger partial charge < -0.3 is 4.90 Å². The molecule has 0 bridgehead atoms. The second-order valence-corrected chi connectivity index (χ2v) is 6.49. The molecule has 0 saturated carbocycles. The number of hydrogen-bond donors (Lipinski definition) is 0. The minimum Gasteiger partial charge on any atom is -0.371 e. The molecule has 1 aliphatic heterocycles. The van der Waals surface area contributed by atoms with Gasteiger partial charge in [-0.3, -0.25) is 0 Å². The van der Waals surface area contributed by atoms with Gasteiger partial charge in [0.15, 0.2) is 0 Å². The third kappa shape index (κ3) is 2.06. The Morgan fingerprint density at radius 1 is 1.12 bits per heavy atom. The number of likely N-dealkylation sites (N-methyl/N-ethyl adjacent to an activating group) is 1. The molecule has 1 aliphatic rings. The second-order valence-electron chi connectivity index (χ2n) is 4.79. The zero-order valence-corrected chi connectivity index (χ0v) is 13.9. The third-order valence-electron chi connectivity index (χ3n) is 4.18. The lowest BCUT2D eigenvalue weighted by Crippen LogP contribution is -2.32. The zero-order valence-electron chi connectivity index (χ0n) is 10.7. The van der Waals surface area contributed by atoms with Gasteiger partial charge in [-0.25, -0.2) is 0 Å². The van der Waals surface area contributed by atoms with Gasteiger partial charge in [0.2, 0.25) is 0 Å². The topological polar surface area (TPSA) is 3.24 Å². The summed E-state index contributed by atoms with van der Waals surface area (Å²) in [6.45, 7) is 9.10. The van der Waals surface area contributed by atoms with E-state index in [1.54, 1.807) is 0 Å². The van der Waals surface area contributed by atoms with Crippen molar-refractivity contribution in [1.82, 2.24) is 0 Å². The maximum Gasteiger partial charge on any atom is 0.0417 e. The SMILES string of the molecule is CCN1CC(CC)(CC)c2cc(Br)c(Br)cc21. The van der Waals surface area contributed by atoms with Crippen molar-refractivity contribution in [3.05, 3.63) is 26.6 Å². The zero-order chi connectivity index (χ0) is 12.6. The van der Waals surface area contributed by atoms with Crippen LogP contribution >= 0.6 is 31.9 Å². The molecule has 17 heavy (non-hydrogen) atoms. The van der Waals surface area contributed by atoms with Crippen LogP contribution in [-0.4, -0.2) is 13.1 Å². The summed E-state index contributed by atoms with van der Waals surface area (Å²) in [5, 5.41) is 0. The van der Waals surface area contributed by atoms with Gasteiger partial charge in [-0.15, -0.1) is 0 Å². The van der Waals surface area contributed by atoms with Gasteiger partial charge in [0, 0.05) is 33.1 Å². The van der Waals surface area contributed by atoms with Crippen LogP contribution in [0.25, 0.3) is 0 Å². The van der Waals surface area contributed by atoms with Crippen LogP contribution in [0.2, 0.25) is 0 Å². The van der Waals surface area contributed by atoms with E-state index in [1.165, 1.54) is 28.6 Å². The number of fused-ring (bicyclic) bond motifs is 1. The highest BCUT2D eigenvalue weighted by Gasteiger charge is 2.39. The van der Waals surface area contributed by atoms with Crippen LogP contribution in [0.1, 0.15) is 39.2 Å². The first-order valence-corrected chi connectivity index (χ1v) is 7.91. The van der Waals surface area contributed by atoms with Crippen molar-refractivity contribution in [2.24, 2.45) is 0 Å². The average molecular weight is 361 g/mol. The number of halogens is 2. The predicted octanol–water partition coefficient (Wildman–Crippen LogP) is 5.11. The standard InChI is InChI=1S/C14H19Br2N/c1-4-14(5-2)9-17(6-3)13-8-12(16)11(15)7-10(13)14/h7-8H,4-6,9H2,1-3H3. The van der Waals surface area contributed by atoms with E-state index in [0.29, 0.717) is 5.41 Å². The first-order valence-electron chi connectivity index (χ1n) is 6.32. The number of rotatable bonds is 3. The quantitative estimate of drug-likeness (QED) is 0.723.